The molecule has 0 saturated heterocycles. The number of allylic oxidation sites excluding steroid dienone is 22. The lowest BCUT2D eigenvalue weighted by atomic mass is 10.1. The summed E-state index contributed by atoms with van der Waals surface area (Å²) >= 11 is 0. The van der Waals surface area contributed by atoms with Crippen LogP contribution in [0.25, 0.3) is 0 Å². The van der Waals surface area contributed by atoms with Crippen molar-refractivity contribution in [3.63, 3.8) is 0 Å². The third-order valence-corrected chi connectivity index (χ3v) is 14.1. The largest absolute Gasteiger partial charge is 0.462 e. The Hall–Kier alpha value is -4.45. The molecule has 0 fully saturated rings. The van der Waals surface area contributed by atoms with E-state index in [9.17, 15) is 14.4 Å². The molecule has 6 heteroatoms. The fourth-order valence-electron chi connectivity index (χ4n) is 9.11. The molecule has 460 valence electrons. The van der Waals surface area contributed by atoms with E-state index >= 15 is 0 Å². The normalized spacial score (nSPS) is 13.0. The molecule has 6 nitrogen and oxygen atoms in total. The van der Waals surface area contributed by atoms with Gasteiger partial charge in [-0.15, -0.1) is 0 Å². The number of carbonyl (C=O) groups excluding carboxylic acids is 3. The summed E-state index contributed by atoms with van der Waals surface area (Å²) in [6.07, 6.45) is 96.2. The molecular weight excluding hydrogens is 997 g/mol. The molecule has 0 rings (SSSR count). The van der Waals surface area contributed by atoms with E-state index in [-0.39, 0.29) is 31.1 Å². The van der Waals surface area contributed by atoms with E-state index in [1.807, 2.05) is 0 Å². The SMILES string of the molecule is CC/C=C\C/C=C\C/C=C\C/C=C\C/C=C\C/C=C\C/C=C\C/C=C\C/C=C\CCCCCCCCCC(=O)OCC(COC(=O)CCCCCCCCCCC)OC(=O)CCCCCCCCCCC/C=C\C/C=C\CCCCC. The molecule has 0 aromatic rings. The van der Waals surface area contributed by atoms with Crippen LogP contribution in [0, 0.1) is 0 Å². The quantitative estimate of drug-likeness (QED) is 0.0261. The molecule has 0 aliphatic heterocycles. The van der Waals surface area contributed by atoms with E-state index < -0.39 is 6.10 Å². The first-order valence-electron chi connectivity index (χ1n) is 33.7. The number of carbonyl (C=O) groups is 3. The number of ether oxygens (including phenoxy) is 3. The lowest BCUT2D eigenvalue weighted by Gasteiger charge is -2.18. The van der Waals surface area contributed by atoms with Crippen molar-refractivity contribution in [2.24, 2.45) is 0 Å². The first kappa shape index (κ1) is 76.5. The van der Waals surface area contributed by atoms with Crippen molar-refractivity contribution in [1.82, 2.24) is 0 Å². The van der Waals surface area contributed by atoms with Crippen LogP contribution in [0.1, 0.15) is 303 Å². The van der Waals surface area contributed by atoms with Crippen LogP contribution in [-0.2, 0) is 28.6 Å². The van der Waals surface area contributed by atoms with Gasteiger partial charge in [-0.25, -0.2) is 0 Å². The summed E-state index contributed by atoms with van der Waals surface area (Å²) in [5, 5.41) is 0. The Balaban J connectivity index is 4.21. The fraction of sp³-hybridized carbons (Fsp3) is 0.667. The Morgan fingerprint density at radius 1 is 0.259 bits per heavy atom. The fourth-order valence-corrected chi connectivity index (χ4v) is 9.11. The molecule has 1 atom stereocenters. The van der Waals surface area contributed by atoms with Crippen LogP contribution < -0.4 is 0 Å². The number of unbranched alkanes of at least 4 members (excludes halogenated alkanes) is 27. The van der Waals surface area contributed by atoms with Crippen molar-refractivity contribution in [2.75, 3.05) is 13.2 Å². The molecule has 0 aliphatic rings. The molecule has 0 aromatic heterocycles. The minimum absolute atomic E-state index is 0.0833. The van der Waals surface area contributed by atoms with E-state index in [2.05, 4.69) is 154 Å². The van der Waals surface area contributed by atoms with Gasteiger partial charge in [-0.1, -0.05) is 296 Å². The highest BCUT2D eigenvalue weighted by molar-refractivity contribution is 5.71. The van der Waals surface area contributed by atoms with Crippen molar-refractivity contribution in [1.29, 1.82) is 0 Å². The van der Waals surface area contributed by atoms with Crippen LogP contribution in [-0.4, -0.2) is 37.2 Å². The van der Waals surface area contributed by atoms with Gasteiger partial charge in [0.15, 0.2) is 6.10 Å². The first-order valence-corrected chi connectivity index (χ1v) is 33.7. The van der Waals surface area contributed by atoms with Gasteiger partial charge in [0.25, 0.3) is 0 Å². The van der Waals surface area contributed by atoms with Crippen molar-refractivity contribution >= 4 is 17.9 Å². The maximum atomic E-state index is 12.9. The molecule has 0 bridgehead atoms. The monoisotopic (exact) mass is 1120 g/mol. The highest BCUT2D eigenvalue weighted by Gasteiger charge is 2.19. The summed E-state index contributed by atoms with van der Waals surface area (Å²) in [7, 11) is 0. The lowest BCUT2D eigenvalue weighted by molar-refractivity contribution is -0.167. The Kier molecular flexibility index (Phi) is 64.3. The van der Waals surface area contributed by atoms with Crippen LogP contribution in [0.15, 0.2) is 134 Å². The highest BCUT2D eigenvalue weighted by atomic mass is 16.6. The number of hydrogen-bond donors (Lipinski definition) is 0. The van der Waals surface area contributed by atoms with Gasteiger partial charge in [0, 0.05) is 19.3 Å². The van der Waals surface area contributed by atoms with Gasteiger partial charge in [0.1, 0.15) is 13.2 Å². The smallest absolute Gasteiger partial charge is 0.306 e. The van der Waals surface area contributed by atoms with Crippen LogP contribution in [0.4, 0.5) is 0 Å². The van der Waals surface area contributed by atoms with Gasteiger partial charge in [0.2, 0.25) is 0 Å². The molecule has 81 heavy (non-hydrogen) atoms. The summed E-state index contributed by atoms with van der Waals surface area (Å²) in [4.78, 5) is 38.2. The summed E-state index contributed by atoms with van der Waals surface area (Å²) in [6, 6.07) is 0. The molecule has 0 saturated carbocycles. The lowest BCUT2D eigenvalue weighted by Crippen LogP contribution is -2.30. The molecular formula is C75H124O6. The van der Waals surface area contributed by atoms with E-state index in [1.165, 1.54) is 135 Å². The van der Waals surface area contributed by atoms with Gasteiger partial charge in [0.05, 0.1) is 0 Å². The molecule has 0 spiro atoms. The minimum atomic E-state index is -0.787. The standard InChI is InChI=1S/C75H124O6/c1-4-7-10-13-16-19-21-23-25-27-29-30-31-32-33-34-35-36-37-38-39-40-41-42-43-44-46-47-49-51-53-56-59-62-65-68-74(77)80-71-72(70-79-73(76)67-64-61-58-55-18-15-12-9-6-3)81-75(78)69-66-63-60-57-54-52-50-48-45-28-26-24-22-20-17-14-11-8-5-2/h7,10,16-17,19-20,23-26,29-30,32-33,35-36,38-39,41-42,44,46,72H,4-6,8-9,11-15,18,21-22,27-28,31,34,37,40,43,45,47-71H2,1-3H3/b10-7-,19-16-,20-17-,25-23-,26-24-,30-29-,33-32-,36-35-,39-38-,42-41-,46-44-. The van der Waals surface area contributed by atoms with E-state index in [0.29, 0.717) is 19.3 Å². The molecule has 0 aliphatic carbocycles. The maximum Gasteiger partial charge on any atom is 0.306 e. The molecule has 1 unspecified atom stereocenters. The summed E-state index contributed by atoms with van der Waals surface area (Å²) < 4.78 is 16.9. The molecule has 0 heterocycles. The Bertz CT molecular complexity index is 1720. The van der Waals surface area contributed by atoms with Gasteiger partial charge < -0.3 is 14.2 Å². The Morgan fingerprint density at radius 2 is 0.481 bits per heavy atom. The zero-order valence-electron chi connectivity index (χ0n) is 52.8. The van der Waals surface area contributed by atoms with E-state index in [0.717, 1.165) is 128 Å². The summed E-state index contributed by atoms with van der Waals surface area (Å²) in [5.74, 6) is -0.897. The zero-order valence-corrected chi connectivity index (χ0v) is 52.8. The average Bonchev–Trinajstić information content (AvgIpc) is 3.47. The molecule has 0 aromatic carbocycles. The zero-order chi connectivity index (χ0) is 58.5. The van der Waals surface area contributed by atoms with Gasteiger partial charge in [-0.05, 0) is 122 Å². The van der Waals surface area contributed by atoms with Gasteiger partial charge >= 0.3 is 17.9 Å². The van der Waals surface area contributed by atoms with Crippen LogP contribution in [0.5, 0.6) is 0 Å². The Morgan fingerprint density at radius 3 is 0.778 bits per heavy atom. The van der Waals surface area contributed by atoms with Crippen LogP contribution in [0.2, 0.25) is 0 Å². The minimum Gasteiger partial charge on any atom is -0.462 e. The number of esters is 3. The Labute approximate surface area is 500 Å². The van der Waals surface area contributed by atoms with Crippen LogP contribution >= 0.6 is 0 Å². The first-order chi connectivity index (χ1) is 40.0. The molecule has 0 N–H and O–H groups in total. The van der Waals surface area contributed by atoms with E-state index in [4.69, 9.17) is 14.2 Å². The second-order valence-electron chi connectivity index (χ2n) is 22.0. The summed E-state index contributed by atoms with van der Waals surface area (Å²) in [6.45, 7) is 6.48. The third kappa shape index (κ3) is 66.2. The highest BCUT2D eigenvalue weighted by Crippen LogP contribution is 2.16. The van der Waals surface area contributed by atoms with Crippen molar-refractivity contribution < 1.29 is 28.6 Å². The van der Waals surface area contributed by atoms with Crippen molar-refractivity contribution in [2.45, 2.75) is 309 Å². The second-order valence-corrected chi connectivity index (χ2v) is 22.0. The topological polar surface area (TPSA) is 78.9 Å². The molecule has 0 amide bonds. The van der Waals surface area contributed by atoms with Crippen molar-refractivity contribution in [3.05, 3.63) is 134 Å². The average molecular weight is 1120 g/mol. The maximum absolute atomic E-state index is 12.9. The van der Waals surface area contributed by atoms with Crippen molar-refractivity contribution in [3.8, 4) is 0 Å². The number of hydrogen-bond acceptors (Lipinski definition) is 6. The summed E-state index contributed by atoms with van der Waals surface area (Å²) in [5.41, 5.74) is 0. The predicted molar refractivity (Wildman–Crippen MR) is 353 cm³/mol. The third-order valence-electron chi connectivity index (χ3n) is 14.1. The molecule has 0 radical (unpaired) electrons. The number of rotatable bonds is 60. The van der Waals surface area contributed by atoms with Gasteiger partial charge in [-0.3, -0.25) is 14.4 Å². The second kappa shape index (κ2) is 68.1. The van der Waals surface area contributed by atoms with Gasteiger partial charge in [-0.2, -0.15) is 0 Å². The van der Waals surface area contributed by atoms with E-state index in [1.54, 1.807) is 0 Å². The van der Waals surface area contributed by atoms with Crippen LogP contribution in [0.3, 0.4) is 0 Å². The predicted octanol–water partition coefficient (Wildman–Crippen LogP) is 23.3.